The van der Waals surface area contributed by atoms with Crippen molar-refractivity contribution < 1.29 is 0 Å². The van der Waals surface area contributed by atoms with Crippen molar-refractivity contribution in [3.05, 3.63) is 66.6 Å². The number of rotatable bonds is 1. The Labute approximate surface area is 120 Å². The minimum absolute atomic E-state index is 0.539. The van der Waals surface area contributed by atoms with Crippen molar-refractivity contribution in [2.45, 2.75) is 0 Å². The highest BCUT2D eigenvalue weighted by Crippen LogP contribution is 2.27. The molecule has 4 rings (SSSR count). The van der Waals surface area contributed by atoms with Crippen LogP contribution in [0, 0.1) is 11.3 Å². The van der Waals surface area contributed by atoms with Crippen LogP contribution in [0.3, 0.4) is 0 Å². The fraction of sp³-hybridized carbons (Fsp3) is 0. The minimum atomic E-state index is 0.539. The van der Waals surface area contributed by atoms with Gasteiger partial charge in [-0.1, -0.05) is 30.3 Å². The maximum absolute atomic E-state index is 9.43. The van der Waals surface area contributed by atoms with Gasteiger partial charge in [0.05, 0.1) is 27.8 Å². The number of aromatic nitrogens is 3. The summed E-state index contributed by atoms with van der Waals surface area (Å²) < 4.78 is 1.96. The summed E-state index contributed by atoms with van der Waals surface area (Å²) in [4.78, 5) is 8.76. The quantitative estimate of drug-likeness (QED) is 0.532. The molecule has 0 fully saturated rings. The number of nitriles is 1. The van der Waals surface area contributed by atoms with Gasteiger partial charge in [-0.15, -0.1) is 0 Å². The van der Waals surface area contributed by atoms with Gasteiger partial charge in [-0.3, -0.25) is 9.55 Å². The van der Waals surface area contributed by atoms with Crippen LogP contribution in [0.4, 0.5) is 0 Å². The van der Waals surface area contributed by atoms with E-state index in [2.05, 4.69) is 16.0 Å². The van der Waals surface area contributed by atoms with Crippen molar-refractivity contribution in [1.29, 1.82) is 5.26 Å². The number of hydrogen-bond donors (Lipinski definition) is 0. The maximum Gasteiger partial charge on any atom is 0.103 e. The molecule has 0 amide bonds. The molecule has 0 spiro atoms. The molecule has 2 aromatic heterocycles. The lowest BCUT2D eigenvalue weighted by Crippen LogP contribution is -1.99. The number of imidazole rings is 1. The van der Waals surface area contributed by atoms with Crippen LogP contribution in [-0.4, -0.2) is 14.5 Å². The van der Waals surface area contributed by atoms with Crippen molar-refractivity contribution in [3.8, 4) is 11.8 Å². The van der Waals surface area contributed by atoms with E-state index in [1.165, 1.54) is 0 Å². The van der Waals surface area contributed by atoms with Gasteiger partial charge in [0.2, 0.25) is 0 Å². The average Bonchev–Trinajstić information content (AvgIpc) is 2.97. The lowest BCUT2D eigenvalue weighted by atomic mass is 10.1. The molecule has 0 aliphatic carbocycles. The van der Waals surface area contributed by atoms with Crippen LogP contribution in [0.1, 0.15) is 5.56 Å². The smallest absolute Gasteiger partial charge is 0.103 e. The molecule has 0 aliphatic rings. The first-order valence-electron chi connectivity index (χ1n) is 6.59. The molecule has 0 atom stereocenters. The summed E-state index contributed by atoms with van der Waals surface area (Å²) in [6.07, 6.45) is 3.37. The monoisotopic (exact) mass is 270 g/mol. The number of benzene rings is 2. The van der Waals surface area contributed by atoms with Gasteiger partial charge < -0.3 is 0 Å². The molecule has 0 bridgehead atoms. The fourth-order valence-corrected chi connectivity index (χ4v) is 2.61. The first-order valence-corrected chi connectivity index (χ1v) is 6.59. The Hall–Kier alpha value is -3.19. The molecule has 4 heteroatoms. The van der Waals surface area contributed by atoms with Crippen LogP contribution in [0.5, 0.6) is 0 Å². The van der Waals surface area contributed by atoms with Gasteiger partial charge in [-0.25, -0.2) is 4.98 Å². The van der Waals surface area contributed by atoms with Gasteiger partial charge in [0.1, 0.15) is 12.4 Å². The predicted octanol–water partition coefficient (Wildman–Crippen LogP) is 3.45. The Morgan fingerprint density at radius 2 is 1.67 bits per heavy atom. The van der Waals surface area contributed by atoms with Crippen LogP contribution >= 0.6 is 0 Å². The van der Waals surface area contributed by atoms with E-state index in [0.29, 0.717) is 5.56 Å². The number of para-hydroxylation sites is 3. The van der Waals surface area contributed by atoms with Crippen LogP contribution in [-0.2, 0) is 0 Å². The topological polar surface area (TPSA) is 54.5 Å². The third-order valence-corrected chi connectivity index (χ3v) is 3.56. The van der Waals surface area contributed by atoms with Crippen LogP contribution in [0.15, 0.2) is 61.1 Å². The predicted molar refractivity (Wildman–Crippen MR) is 81.1 cm³/mol. The van der Waals surface area contributed by atoms with Crippen LogP contribution in [0.2, 0.25) is 0 Å². The number of nitrogens with zero attached hydrogens (tertiary/aromatic N) is 4. The van der Waals surface area contributed by atoms with Crippen molar-refractivity contribution >= 4 is 21.9 Å². The summed E-state index contributed by atoms with van der Waals surface area (Å²) in [6, 6.07) is 17.9. The van der Waals surface area contributed by atoms with Crippen LogP contribution < -0.4 is 0 Å². The summed E-state index contributed by atoms with van der Waals surface area (Å²) in [7, 11) is 0. The van der Waals surface area contributed by atoms with E-state index in [-0.39, 0.29) is 0 Å². The molecule has 0 aliphatic heterocycles. The zero-order valence-corrected chi connectivity index (χ0v) is 11.1. The van der Waals surface area contributed by atoms with Gasteiger partial charge in [0.15, 0.2) is 0 Å². The Morgan fingerprint density at radius 3 is 2.52 bits per heavy atom. The standard InChI is InChI=1S/C17H10N4/c18-9-12-10-19-14-6-2-1-5-13(14)17(12)21-11-20-15-7-3-4-8-16(15)21/h1-8,10-11H. The van der Waals surface area contributed by atoms with E-state index >= 15 is 0 Å². The highest BCUT2D eigenvalue weighted by Gasteiger charge is 2.13. The third kappa shape index (κ3) is 1.68. The molecule has 21 heavy (non-hydrogen) atoms. The highest BCUT2D eigenvalue weighted by atomic mass is 15.1. The SMILES string of the molecule is N#Cc1cnc2ccccc2c1-n1cnc2ccccc21. The van der Waals surface area contributed by atoms with E-state index < -0.39 is 0 Å². The van der Waals surface area contributed by atoms with Crippen LogP contribution in [0.25, 0.3) is 27.6 Å². The second-order valence-corrected chi connectivity index (χ2v) is 4.75. The van der Waals surface area contributed by atoms with Gasteiger partial charge in [0, 0.05) is 11.6 Å². The lowest BCUT2D eigenvalue weighted by Gasteiger charge is -2.10. The maximum atomic E-state index is 9.43. The molecule has 2 aromatic carbocycles. The van der Waals surface area contributed by atoms with Gasteiger partial charge in [-0.2, -0.15) is 5.26 Å². The summed E-state index contributed by atoms with van der Waals surface area (Å²) in [6.45, 7) is 0. The molecular weight excluding hydrogens is 260 g/mol. The van der Waals surface area contributed by atoms with E-state index in [0.717, 1.165) is 27.6 Å². The second kappa shape index (κ2) is 4.43. The number of fused-ring (bicyclic) bond motifs is 2. The lowest BCUT2D eigenvalue weighted by molar-refractivity contribution is 1.09. The van der Waals surface area contributed by atoms with Gasteiger partial charge in [0.25, 0.3) is 0 Å². The zero-order chi connectivity index (χ0) is 14.2. The molecule has 4 aromatic rings. The second-order valence-electron chi connectivity index (χ2n) is 4.75. The normalized spacial score (nSPS) is 10.8. The van der Waals surface area contributed by atoms with E-state index in [4.69, 9.17) is 0 Å². The first kappa shape index (κ1) is 11.6. The molecule has 4 nitrogen and oxygen atoms in total. The third-order valence-electron chi connectivity index (χ3n) is 3.56. The zero-order valence-electron chi connectivity index (χ0n) is 11.1. The van der Waals surface area contributed by atoms with Crippen molar-refractivity contribution in [1.82, 2.24) is 14.5 Å². The highest BCUT2D eigenvalue weighted by molar-refractivity contribution is 5.92. The number of pyridine rings is 1. The molecule has 98 valence electrons. The number of hydrogen-bond acceptors (Lipinski definition) is 3. The Bertz CT molecular complexity index is 1010. The molecule has 2 heterocycles. The van der Waals surface area contributed by atoms with E-state index in [1.54, 1.807) is 12.5 Å². The van der Waals surface area contributed by atoms with Crippen molar-refractivity contribution in [2.75, 3.05) is 0 Å². The summed E-state index contributed by atoms with van der Waals surface area (Å²) in [5.41, 5.74) is 4.12. The summed E-state index contributed by atoms with van der Waals surface area (Å²) >= 11 is 0. The molecule has 0 saturated carbocycles. The van der Waals surface area contributed by atoms with Gasteiger partial charge in [-0.05, 0) is 18.2 Å². The Kier molecular flexibility index (Phi) is 2.45. The largest absolute Gasteiger partial charge is 0.297 e. The minimum Gasteiger partial charge on any atom is -0.297 e. The Balaban J connectivity index is 2.17. The fourth-order valence-electron chi connectivity index (χ4n) is 2.61. The summed E-state index contributed by atoms with van der Waals surface area (Å²) in [5, 5.41) is 10.4. The van der Waals surface area contributed by atoms with E-state index in [1.807, 2.05) is 53.1 Å². The van der Waals surface area contributed by atoms with Gasteiger partial charge >= 0.3 is 0 Å². The molecule has 0 radical (unpaired) electrons. The molecule has 0 unspecified atom stereocenters. The molecule has 0 saturated heterocycles. The van der Waals surface area contributed by atoms with Crippen molar-refractivity contribution in [2.24, 2.45) is 0 Å². The summed E-state index contributed by atoms with van der Waals surface area (Å²) in [5.74, 6) is 0. The van der Waals surface area contributed by atoms with Crippen molar-refractivity contribution in [3.63, 3.8) is 0 Å². The molecule has 0 N–H and O–H groups in total. The Morgan fingerprint density at radius 1 is 0.905 bits per heavy atom. The first-order chi connectivity index (χ1) is 10.4. The molecular formula is C17H10N4. The van der Waals surface area contributed by atoms with E-state index in [9.17, 15) is 5.26 Å². The average molecular weight is 270 g/mol.